The summed E-state index contributed by atoms with van der Waals surface area (Å²) in [5.41, 5.74) is 1.38. The number of nitrogens with zero attached hydrogens (tertiary/aromatic N) is 2. The fraction of sp³-hybridized carbons (Fsp3) is 0.238. The summed E-state index contributed by atoms with van der Waals surface area (Å²) in [4.78, 5) is 27.7. The van der Waals surface area contributed by atoms with E-state index in [2.05, 4.69) is 0 Å². The molecule has 8 heteroatoms. The van der Waals surface area contributed by atoms with Gasteiger partial charge in [-0.15, -0.1) is 0 Å². The van der Waals surface area contributed by atoms with Crippen LogP contribution in [0.3, 0.4) is 0 Å². The first kappa shape index (κ1) is 19.2. The highest BCUT2D eigenvalue weighted by molar-refractivity contribution is 7.10. The first-order chi connectivity index (χ1) is 13.9. The lowest BCUT2D eigenvalue weighted by molar-refractivity contribution is -0.118. The van der Waals surface area contributed by atoms with Crippen LogP contribution < -0.4 is 19.2 Å². The Kier molecular flexibility index (Phi) is 4.87. The molecule has 1 aliphatic heterocycles. The molecule has 29 heavy (non-hydrogen) atoms. The Morgan fingerprint density at radius 2 is 1.72 bits per heavy atom. The highest BCUT2D eigenvalue weighted by Crippen LogP contribution is 2.45. The lowest BCUT2D eigenvalue weighted by Gasteiger charge is -2.32. The average Bonchev–Trinajstić information content (AvgIpc) is 3.02. The number of ether oxygens (including phenoxy) is 2. The summed E-state index contributed by atoms with van der Waals surface area (Å²) in [6.45, 7) is 0. The Morgan fingerprint density at radius 3 is 2.38 bits per heavy atom. The molecular formula is C21H19FN2O4S. The van der Waals surface area contributed by atoms with Crippen LogP contribution in [0, 0.1) is 5.82 Å². The second-order valence-electron chi connectivity index (χ2n) is 6.69. The Labute approximate surface area is 170 Å². The molecule has 2 aromatic carbocycles. The predicted octanol–water partition coefficient (Wildman–Crippen LogP) is 3.80. The normalized spacial score (nSPS) is 15.9. The minimum Gasteiger partial charge on any atom is -0.493 e. The van der Waals surface area contributed by atoms with Gasteiger partial charge in [0.2, 0.25) is 5.91 Å². The molecule has 0 saturated heterocycles. The van der Waals surface area contributed by atoms with E-state index in [4.69, 9.17) is 9.47 Å². The van der Waals surface area contributed by atoms with Gasteiger partial charge in [0, 0.05) is 19.4 Å². The number of carbonyl (C=O) groups excluding carboxylic acids is 1. The molecule has 150 valence electrons. The smallest absolute Gasteiger partial charge is 0.308 e. The van der Waals surface area contributed by atoms with Crippen molar-refractivity contribution in [1.29, 1.82) is 0 Å². The Bertz CT molecular complexity index is 1140. The number of carbonyl (C=O) groups is 1. The SMILES string of the molecule is COc1ccc([C@H]2CC(=O)N(c3ccc(F)cc3)c3c2sc(=O)n3C)cc1OC. The summed E-state index contributed by atoms with van der Waals surface area (Å²) in [5.74, 6) is 0.824. The summed E-state index contributed by atoms with van der Waals surface area (Å²) in [7, 11) is 4.75. The van der Waals surface area contributed by atoms with Gasteiger partial charge >= 0.3 is 4.87 Å². The molecule has 1 amide bonds. The molecule has 0 aliphatic carbocycles. The summed E-state index contributed by atoms with van der Waals surface area (Å²) in [5, 5.41) is 0. The molecule has 0 saturated carbocycles. The van der Waals surface area contributed by atoms with Crippen LogP contribution in [0.15, 0.2) is 47.3 Å². The van der Waals surface area contributed by atoms with E-state index >= 15 is 0 Å². The van der Waals surface area contributed by atoms with Crippen LogP contribution in [0.2, 0.25) is 0 Å². The first-order valence-electron chi connectivity index (χ1n) is 8.94. The van der Waals surface area contributed by atoms with Crippen LogP contribution in [0.4, 0.5) is 15.9 Å². The van der Waals surface area contributed by atoms with E-state index in [1.165, 1.54) is 33.7 Å². The molecule has 0 N–H and O–H groups in total. The van der Waals surface area contributed by atoms with Crippen molar-refractivity contribution in [2.45, 2.75) is 12.3 Å². The van der Waals surface area contributed by atoms with Gasteiger partial charge in [-0.05, 0) is 42.0 Å². The van der Waals surface area contributed by atoms with Gasteiger partial charge in [0.15, 0.2) is 11.5 Å². The number of methoxy groups -OCH3 is 2. The van der Waals surface area contributed by atoms with Crippen LogP contribution in [-0.4, -0.2) is 24.7 Å². The van der Waals surface area contributed by atoms with Crippen LogP contribution in [0.25, 0.3) is 0 Å². The van der Waals surface area contributed by atoms with Crippen molar-refractivity contribution in [3.05, 3.63) is 68.4 Å². The number of aromatic nitrogens is 1. The fourth-order valence-corrected chi connectivity index (χ4v) is 4.71. The largest absolute Gasteiger partial charge is 0.493 e. The van der Waals surface area contributed by atoms with Gasteiger partial charge < -0.3 is 9.47 Å². The predicted molar refractivity (Wildman–Crippen MR) is 109 cm³/mol. The van der Waals surface area contributed by atoms with Crippen molar-refractivity contribution < 1.29 is 18.7 Å². The highest BCUT2D eigenvalue weighted by Gasteiger charge is 2.37. The molecule has 2 heterocycles. The van der Waals surface area contributed by atoms with E-state index in [-0.39, 0.29) is 28.9 Å². The average molecular weight is 414 g/mol. The minimum atomic E-state index is -0.388. The fourth-order valence-electron chi connectivity index (χ4n) is 3.62. The maximum Gasteiger partial charge on any atom is 0.308 e. The van der Waals surface area contributed by atoms with Crippen LogP contribution >= 0.6 is 11.3 Å². The summed E-state index contributed by atoms with van der Waals surface area (Å²) in [6, 6.07) is 11.2. The van der Waals surface area contributed by atoms with Crippen molar-refractivity contribution in [3.63, 3.8) is 0 Å². The molecular weight excluding hydrogens is 395 g/mol. The number of halogens is 1. The highest BCUT2D eigenvalue weighted by atomic mass is 32.1. The number of anilines is 2. The van der Waals surface area contributed by atoms with Gasteiger partial charge in [-0.25, -0.2) is 4.39 Å². The van der Waals surface area contributed by atoms with Crippen LogP contribution in [-0.2, 0) is 11.8 Å². The Balaban J connectivity index is 1.86. The molecule has 0 bridgehead atoms. The van der Waals surface area contributed by atoms with E-state index in [0.29, 0.717) is 23.0 Å². The third-order valence-corrected chi connectivity index (χ3v) is 6.20. The summed E-state index contributed by atoms with van der Waals surface area (Å²) >= 11 is 1.11. The molecule has 3 aromatic rings. The maximum absolute atomic E-state index is 13.4. The lowest BCUT2D eigenvalue weighted by Crippen LogP contribution is -2.34. The molecule has 0 spiro atoms. The summed E-state index contributed by atoms with van der Waals surface area (Å²) < 4.78 is 25.5. The van der Waals surface area contributed by atoms with E-state index in [9.17, 15) is 14.0 Å². The molecule has 0 unspecified atom stereocenters. The van der Waals surface area contributed by atoms with Crippen LogP contribution in [0.5, 0.6) is 11.5 Å². The zero-order chi connectivity index (χ0) is 20.7. The standard InChI is InChI=1S/C21H19FN2O4S/c1-23-20-19(29-21(23)26)15(12-4-9-16(27-2)17(10-12)28-3)11-18(25)24(20)14-7-5-13(22)6-8-14/h4-10,15H,11H2,1-3H3/t15-/m1/s1. The molecule has 1 aliphatic rings. The number of thiazole rings is 1. The maximum atomic E-state index is 13.4. The molecule has 4 rings (SSSR count). The van der Waals surface area contributed by atoms with Gasteiger partial charge in [-0.1, -0.05) is 17.4 Å². The molecule has 1 aromatic heterocycles. The number of amides is 1. The molecule has 1 atom stereocenters. The van der Waals surface area contributed by atoms with Crippen molar-refractivity contribution in [1.82, 2.24) is 4.57 Å². The van der Waals surface area contributed by atoms with Gasteiger partial charge in [-0.3, -0.25) is 19.1 Å². The van der Waals surface area contributed by atoms with Crippen LogP contribution in [0.1, 0.15) is 22.8 Å². The van der Waals surface area contributed by atoms with Crippen molar-refractivity contribution in [2.75, 3.05) is 19.1 Å². The molecule has 6 nitrogen and oxygen atoms in total. The van der Waals surface area contributed by atoms with Gasteiger partial charge in [-0.2, -0.15) is 0 Å². The van der Waals surface area contributed by atoms with Crippen molar-refractivity contribution >= 4 is 28.7 Å². The second-order valence-corrected chi connectivity index (χ2v) is 7.68. The molecule has 0 radical (unpaired) electrons. The third kappa shape index (κ3) is 3.19. The van der Waals surface area contributed by atoms with Gasteiger partial charge in [0.05, 0.1) is 24.8 Å². The minimum absolute atomic E-state index is 0.165. The number of hydrogen-bond acceptors (Lipinski definition) is 5. The van der Waals surface area contributed by atoms with Crippen molar-refractivity contribution in [3.8, 4) is 11.5 Å². The quantitative estimate of drug-likeness (QED) is 0.652. The van der Waals surface area contributed by atoms with E-state index < -0.39 is 0 Å². The second kappa shape index (κ2) is 7.36. The van der Waals surface area contributed by atoms with E-state index in [1.54, 1.807) is 27.3 Å². The molecule has 0 fully saturated rings. The third-order valence-electron chi connectivity index (χ3n) is 5.06. The number of fused-ring (bicyclic) bond motifs is 1. The first-order valence-corrected chi connectivity index (χ1v) is 9.76. The number of rotatable bonds is 4. The Morgan fingerprint density at radius 1 is 1.03 bits per heavy atom. The van der Waals surface area contributed by atoms with Crippen molar-refractivity contribution in [2.24, 2.45) is 7.05 Å². The zero-order valence-corrected chi connectivity index (χ0v) is 17.0. The van der Waals surface area contributed by atoms with E-state index in [0.717, 1.165) is 21.8 Å². The summed E-state index contributed by atoms with van der Waals surface area (Å²) in [6.07, 6.45) is 0.180. The number of benzene rings is 2. The lowest BCUT2D eigenvalue weighted by atomic mass is 9.90. The monoisotopic (exact) mass is 414 g/mol. The topological polar surface area (TPSA) is 60.8 Å². The Hall–Kier alpha value is -3.13. The van der Waals surface area contributed by atoms with Gasteiger partial charge in [0.25, 0.3) is 0 Å². The zero-order valence-electron chi connectivity index (χ0n) is 16.1. The van der Waals surface area contributed by atoms with Gasteiger partial charge in [0.1, 0.15) is 11.6 Å². The van der Waals surface area contributed by atoms with E-state index in [1.807, 2.05) is 12.1 Å². The number of hydrogen-bond donors (Lipinski definition) is 0.